The van der Waals surface area contributed by atoms with Crippen molar-refractivity contribution in [2.45, 2.75) is 57.8 Å². The lowest BCUT2D eigenvalue weighted by Gasteiger charge is -2.43. The number of benzene rings is 1. The van der Waals surface area contributed by atoms with Crippen LogP contribution in [0.3, 0.4) is 0 Å². The molecule has 0 N–H and O–H groups in total. The van der Waals surface area contributed by atoms with Crippen LogP contribution in [0.25, 0.3) is 0 Å². The van der Waals surface area contributed by atoms with Gasteiger partial charge in [0.25, 0.3) is 5.60 Å². The van der Waals surface area contributed by atoms with Gasteiger partial charge in [-0.1, -0.05) is 50.6 Å². The molecule has 0 amide bonds. The van der Waals surface area contributed by atoms with Crippen molar-refractivity contribution in [3.63, 3.8) is 0 Å². The van der Waals surface area contributed by atoms with E-state index in [1.165, 1.54) is 24.3 Å². The highest BCUT2D eigenvalue weighted by Crippen LogP contribution is 2.43. The number of ether oxygens (including phenoxy) is 4. The summed E-state index contributed by atoms with van der Waals surface area (Å²) >= 11 is 0. The molecule has 0 bridgehead atoms. The summed E-state index contributed by atoms with van der Waals surface area (Å²) in [7, 11) is 0.846. The normalized spacial score (nSPS) is 25.1. The van der Waals surface area contributed by atoms with Gasteiger partial charge in [0.15, 0.2) is 5.79 Å². The maximum Gasteiger partial charge on any atom is 0.432 e. The number of halogens is 3. The highest BCUT2D eigenvalue weighted by atomic mass is 19.4. The van der Waals surface area contributed by atoms with E-state index in [1.54, 1.807) is 19.9 Å². The van der Waals surface area contributed by atoms with E-state index >= 15 is 0 Å². The first-order valence-electron chi connectivity index (χ1n) is 9.65. The summed E-state index contributed by atoms with van der Waals surface area (Å²) < 4.78 is 63.4. The van der Waals surface area contributed by atoms with Crippen molar-refractivity contribution in [2.75, 3.05) is 20.3 Å². The Kier molecular flexibility index (Phi) is 7.35. The fourth-order valence-corrected chi connectivity index (χ4v) is 3.49. The summed E-state index contributed by atoms with van der Waals surface area (Å²) in [6, 6.07) is 6.75. The summed E-state index contributed by atoms with van der Waals surface area (Å²) in [5, 5.41) is 0. The number of carbonyl (C=O) groups excluding carboxylic acids is 1. The number of hydrogen-bond donors (Lipinski definition) is 0. The average Bonchev–Trinajstić information content (AvgIpc) is 2.66. The number of alkyl halides is 3. The van der Waals surface area contributed by atoms with Gasteiger partial charge in [0.2, 0.25) is 0 Å². The topological polar surface area (TPSA) is 54.0 Å². The third-order valence-corrected chi connectivity index (χ3v) is 5.34. The van der Waals surface area contributed by atoms with Gasteiger partial charge >= 0.3 is 12.1 Å². The van der Waals surface area contributed by atoms with Gasteiger partial charge < -0.3 is 18.9 Å². The van der Waals surface area contributed by atoms with Crippen LogP contribution in [0.15, 0.2) is 30.3 Å². The molecule has 1 aliphatic heterocycles. The van der Waals surface area contributed by atoms with Gasteiger partial charge in [0.05, 0.1) is 19.3 Å². The second kappa shape index (κ2) is 9.02. The number of rotatable bonds is 7. The van der Waals surface area contributed by atoms with Crippen LogP contribution < -0.4 is 0 Å². The summed E-state index contributed by atoms with van der Waals surface area (Å²) in [5.41, 5.74) is -3.54. The molecule has 29 heavy (non-hydrogen) atoms. The van der Waals surface area contributed by atoms with Crippen molar-refractivity contribution in [1.29, 1.82) is 0 Å². The molecule has 0 aliphatic carbocycles. The molecule has 164 valence electrons. The smallest absolute Gasteiger partial charge is 0.432 e. The van der Waals surface area contributed by atoms with Crippen molar-refractivity contribution in [2.24, 2.45) is 11.8 Å². The van der Waals surface area contributed by atoms with E-state index in [-0.39, 0.29) is 36.7 Å². The Bertz CT molecular complexity index is 677. The molecule has 1 aromatic rings. The first-order valence-corrected chi connectivity index (χ1v) is 9.65. The van der Waals surface area contributed by atoms with Gasteiger partial charge in [-0.05, 0) is 19.8 Å². The first kappa shape index (κ1) is 23.6. The van der Waals surface area contributed by atoms with Crippen LogP contribution in [0.4, 0.5) is 13.2 Å². The average molecular weight is 418 g/mol. The lowest BCUT2D eigenvalue weighted by atomic mass is 9.89. The lowest BCUT2D eigenvalue weighted by Crippen LogP contribution is -2.53. The van der Waals surface area contributed by atoms with Crippen LogP contribution in [0.2, 0.25) is 0 Å². The zero-order chi connectivity index (χ0) is 21.9. The minimum absolute atomic E-state index is 0.116. The maximum absolute atomic E-state index is 14.0. The Hall–Kier alpha value is -1.64. The summed E-state index contributed by atoms with van der Waals surface area (Å²) in [4.78, 5) is 12.7. The van der Waals surface area contributed by atoms with Crippen LogP contribution in [-0.2, 0) is 29.3 Å². The van der Waals surface area contributed by atoms with E-state index in [9.17, 15) is 18.0 Å². The van der Waals surface area contributed by atoms with Crippen LogP contribution in [0.1, 0.15) is 39.7 Å². The molecule has 0 radical (unpaired) electrons. The molecule has 0 saturated carbocycles. The summed E-state index contributed by atoms with van der Waals surface area (Å²) in [6.07, 6.45) is -4.51. The molecule has 5 nitrogen and oxygen atoms in total. The summed E-state index contributed by atoms with van der Waals surface area (Å²) in [5.74, 6) is -2.58. The minimum Gasteiger partial charge on any atom is -0.463 e. The van der Waals surface area contributed by atoms with Gasteiger partial charge in [-0.15, -0.1) is 0 Å². The highest BCUT2D eigenvalue weighted by molar-refractivity contribution is 5.82. The van der Waals surface area contributed by atoms with E-state index in [2.05, 4.69) is 0 Å². The standard InChI is InChI=1S/C21H29F3O5/c1-6-14(2)17-15(13-28-19(3,4)29-17)12-27-18(25)20(26-5,21(22,23)24)16-10-8-7-9-11-16/h7-11,14-15,17H,6,12-13H2,1-5H3/t14-,15-,17+,20+/m0/s1. The van der Waals surface area contributed by atoms with E-state index < -0.39 is 23.5 Å². The Morgan fingerprint density at radius 2 is 1.90 bits per heavy atom. The fraction of sp³-hybridized carbons (Fsp3) is 0.667. The molecule has 1 heterocycles. The van der Waals surface area contributed by atoms with Crippen molar-refractivity contribution in [1.82, 2.24) is 0 Å². The number of hydrogen-bond acceptors (Lipinski definition) is 5. The van der Waals surface area contributed by atoms with Crippen LogP contribution >= 0.6 is 0 Å². The second-order valence-electron chi connectivity index (χ2n) is 7.79. The molecule has 2 rings (SSSR count). The zero-order valence-electron chi connectivity index (χ0n) is 17.4. The molecule has 4 atom stereocenters. The number of carbonyl (C=O) groups is 1. The molecule has 1 aromatic carbocycles. The molecular weight excluding hydrogens is 389 g/mol. The SMILES string of the molecule is CC[C@H](C)[C@H]1OC(C)(C)OC[C@@H]1COC(=O)[C@](OC)(c1ccccc1)C(F)(F)F. The van der Waals surface area contributed by atoms with Crippen molar-refractivity contribution >= 4 is 5.97 Å². The highest BCUT2D eigenvalue weighted by Gasteiger charge is 2.64. The van der Waals surface area contributed by atoms with E-state index in [4.69, 9.17) is 18.9 Å². The Morgan fingerprint density at radius 1 is 1.28 bits per heavy atom. The minimum atomic E-state index is -5.00. The first-order chi connectivity index (χ1) is 13.5. The predicted molar refractivity (Wildman–Crippen MR) is 100.0 cm³/mol. The Morgan fingerprint density at radius 3 is 2.41 bits per heavy atom. The van der Waals surface area contributed by atoms with Crippen LogP contribution in [0, 0.1) is 11.8 Å². The lowest BCUT2D eigenvalue weighted by molar-refractivity contribution is -0.308. The molecule has 1 saturated heterocycles. The predicted octanol–water partition coefficient (Wildman–Crippen LogP) is 4.45. The molecule has 1 fully saturated rings. The maximum atomic E-state index is 14.0. The molecule has 0 unspecified atom stereocenters. The van der Waals surface area contributed by atoms with Crippen molar-refractivity contribution in [3.05, 3.63) is 35.9 Å². The molecular formula is C21H29F3O5. The quantitative estimate of drug-likeness (QED) is 0.613. The van der Waals surface area contributed by atoms with Gasteiger partial charge in [-0.3, -0.25) is 0 Å². The van der Waals surface area contributed by atoms with Gasteiger partial charge in [-0.25, -0.2) is 4.79 Å². The largest absolute Gasteiger partial charge is 0.463 e. The van der Waals surface area contributed by atoms with Crippen molar-refractivity contribution < 1.29 is 36.9 Å². The third-order valence-electron chi connectivity index (χ3n) is 5.34. The van der Waals surface area contributed by atoms with E-state index in [1.807, 2.05) is 13.8 Å². The molecule has 0 aromatic heterocycles. The Labute approximate surface area is 169 Å². The number of esters is 1. The van der Waals surface area contributed by atoms with E-state index in [0.717, 1.165) is 13.5 Å². The second-order valence-corrected chi connectivity index (χ2v) is 7.79. The van der Waals surface area contributed by atoms with Crippen LogP contribution in [0.5, 0.6) is 0 Å². The molecule has 0 spiro atoms. The Balaban J connectivity index is 2.24. The monoisotopic (exact) mass is 418 g/mol. The fourth-order valence-electron chi connectivity index (χ4n) is 3.49. The van der Waals surface area contributed by atoms with E-state index in [0.29, 0.717) is 0 Å². The van der Waals surface area contributed by atoms with Crippen molar-refractivity contribution in [3.8, 4) is 0 Å². The summed E-state index contributed by atoms with van der Waals surface area (Å²) in [6.45, 7) is 7.48. The molecule has 1 aliphatic rings. The third kappa shape index (κ3) is 4.92. The number of methoxy groups -OCH3 is 1. The van der Waals surface area contributed by atoms with Crippen LogP contribution in [-0.4, -0.2) is 44.4 Å². The van der Waals surface area contributed by atoms with Gasteiger partial charge in [0.1, 0.15) is 0 Å². The molecule has 8 heteroatoms. The zero-order valence-corrected chi connectivity index (χ0v) is 17.4. The van der Waals surface area contributed by atoms with Gasteiger partial charge in [-0.2, -0.15) is 13.2 Å². The van der Waals surface area contributed by atoms with Gasteiger partial charge in [0, 0.05) is 18.6 Å².